The Bertz CT molecular complexity index is 501. The van der Waals surface area contributed by atoms with Crippen molar-refractivity contribution in [2.75, 3.05) is 33.8 Å². The molecule has 1 fully saturated rings. The van der Waals surface area contributed by atoms with Crippen LogP contribution in [0.25, 0.3) is 0 Å². The van der Waals surface area contributed by atoms with Gasteiger partial charge in [-0.3, -0.25) is 4.99 Å². The summed E-state index contributed by atoms with van der Waals surface area (Å²) in [6, 6.07) is 10.5. The maximum Gasteiger partial charge on any atom is 0.193 e. The molecule has 2 unspecified atom stereocenters. The van der Waals surface area contributed by atoms with Crippen LogP contribution in [0.15, 0.2) is 48.0 Å². The molecule has 0 aliphatic carbocycles. The average Bonchev–Trinajstić information content (AvgIpc) is 3.05. The zero-order valence-corrected chi connectivity index (χ0v) is 14.4. The molecule has 0 amide bonds. The lowest BCUT2D eigenvalue weighted by molar-refractivity contribution is 0.0914. The van der Waals surface area contributed by atoms with E-state index in [1.165, 1.54) is 5.56 Å². The van der Waals surface area contributed by atoms with Crippen molar-refractivity contribution in [1.82, 2.24) is 10.2 Å². The minimum atomic E-state index is 0.188. The summed E-state index contributed by atoms with van der Waals surface area (Å²) in [6.07, 6.45) is 5.37. The molecule has 0 aromatic heterocycles. The molecule has 1 aliphatic heterocycles. The van der Waals surface area contributed by atoms with E-state index in [2.05, 4.69) is 53.1 Å². The Morgan fingerprint density at radius 1 is 1.43 bits per heavy atom. The Kier molecular flexibility index (Phi) is 7.14. The molecular weight excluding hydrogens is 286 g/mol. The molecule has 0 bridgehead atoms. The number of benzene rings is 1. The van der Waals surface area contributed by atoms with Crippen LogP contribution in [0.1, 0.15) is 30.9 Å². The van der Waals surface area contributed by atoms with Gasteiger partial charge < -0.3 is 15.0 Å². The van der Waals surface area contributed by atoms with Crippen molar-refractivity contribution in [3.63, 3.8) is 0 Å². The van der Waals surface area contributed by atoms with E-state index >= 15 is 0 Å². The molecule has 1 saturated heterocycles. The first-order chi connectivity index (χ1) is 11.3. The molecule has 0 saturated carbocycles. The van der Waals surface area contributed by atoms with Crippen molar-refractivity contribution < 1.29 is 4.74 Å². The third kappa shape index (κ3) is 5.10. The van der Waals surface area contributed by atoms with Crippen LogP contribution in [0.3, 0.4) is 0 Å². The lowest BCUT2D eigenvalue weighted by Gasteiger charge is -2.25. The molecule has 0 spiro atoms. The van der Waals surface area contributed by atoms with Gasteiger partial charge in [-0.2, -0.15) is 0 Å². The van der Waals surface area contributed by atoms with Crippen molar-refractivity contribution in [1.29, 1.82) is 0 Å². The first-order valence-corrected chi connectivity index (χ1v) is 8.45. The van der Waals surface area contributed by atoms with Crippen molar-refractivity contribution in [2.45, 2.75) is 25.4 Å². The van der Waals surface area contributed by atoms with Gasteiger partial charge in [-0.05, 0) is 24.8 Å². The Labute approximate surface area is 140 Å². The highest BCUT2D eigenvalue weighted by Crippen LogP contribution is 2.33. The fourth-order valence-corrected chi connectivity index (χ4v) is 3.04. The minimum absolute atomic E-state index is 0.188. The molecule has 1 aromatic carbocycles. The lowest BCUT2D eigenvalue weighted by Crippen LogP contribution is -2.41. The van der Waals surface area contributed by atoms with E-state index in [1.807, 2.05) is 19.2 Å². The zero-order valence-electron chi connectivity index (χ0n) is 14.4. The summed E-state index contributed by atoms with van der Waals surface area (Å²) < 4.78 is 5.95. The summed E-state index contributed by atoms with van der Waals surface area (Å²) in [5.41, 5.74) is 1.27. The quantitative estimate of drug-likeness (QED) is 0.363. The molecule has 1 aromatic rings. The first-order valence-electron chi connectivity index (χ1n) is 8.45. The van der Waals surface area contributed by atoms with Crippen LogP contribution >= 0.6 is 0 Å². The molecule has 1 N–H and O–H groups in total. The van der Waals surface area contributed by atoms with E-state index in [1.54, 1.807) is 0 Å². The van der Waals surface area contributed by atoms with Crippen LogP contribution in [-0.4, -0.2) is 44.7 Å². The number of nitrogens with one attached hydrogen (secondary N) is 1. The third-order valence-electron chi connectivity index (χ3n) is 4.34. The highest BCUT2D eigenvalue weighted by atomic mass is 16.5. The lowest BCUT2D eigenvalue weighted by atomic mass is 9.95. The van der Waals surface area contributed by atoms with Gasteiger partial charge in [0.1, 0.15) is 0 Å². The monoisotopic (exact) mass is 315 g/mol. The Balaban J connectivity index is 1.86. The van der Waals surface area contributed by atoms with E-state index in [-0.39, 0.29) is 6.10 Å². The summed E-state index contributed by atoms with van der Waals surface area (Å²) in [4.78, 5) is 6.57. The van der Waals surface area contributed by atoms with Gasteiger partial charge in [0.05, 0.1) is 6.10 Å². The minimum Gasteiger partial charge on any atom is -0.373 e. The van der Waals surface area contributed by atoms with Crippen LogP contribution in [0, 0.1) is 5.92 Å². The van der Waals surface area contributed by atoms with Gasteiger partial charge >= 0.3 is 0 Å². The van der Waals surface area contributed by atoms with Crippen molar-refractivity contribution in [3.8, 4) is 0 Å². The Morgan fingerprint density at radius 3 is 2.91 bits per heavy atom. The number of unbranched alkanes of at least 4 members (excludes halogenated alkanes) is 1. The van der Waals surface area contributed by atoms with Gasteiger partial charge in [-0.15, -0.1) is 6.58 Å². The fraction of sp³-hybridized carbons (Fsp3) is 0.526. The molecule has 0 radical (unpaired) electrons. The van der Waals surface area contributed by atoms with E-state index in [0.29, 0.717) is 5.92 Å². The zero-order chi connectivity index (χ0) is 16.5. The molecule has 2 rings (SSSR count). The largest absolute Gasteiger partial charge is 0.373 e. The second-order valence-electron chi connectivity index (χ2n) is 6.03. The van der Waals surface area contributed by atoms with Crippen LogP contribution < -0.4 is 5.32 Å². The molecule has 23 heavy (non-hydrogen) atoms. The van der Waals surface area contributed by atoms with E-state index in [9.17, 15) is 0 Å². The molecule has 1 aliphatic rings. The summed E-state index contributed by atoms with van der Waals surface area (Å²) in [5, 5.41) is 3.51. The van der Waals surface area contributed by atoms with Gasteiger partial charge in [0.15, 0.2) is 5.96 Å². The van der Waals surface area contributed by atoms with Gasteiger partial charge in [0, 0.05) is 39.7 Å². The van der Waals surface area contributed by atoms with Crippen LogP contribution in [0.5, 0.6) is 0 Å². The number of rotatable bonds is 7. The van der Waals surface area contributed by atoms with Crippen LogP contribution in [-0.2, 0) is 4.74 Å². The summed E-state index contributed by atoms with van der Waals surface area (Å²) in [6.45, 7) is 6.47. The van der Waals surface area contributed by atoms with Crippen molar-refractivity contribution in [2.24, 2.45) is 10.9 Å². The second kappa shape index (κ2) is 9.36. The maximum atomic E-state index is 5.95. The highest BCUT2D eigenvalue weighted by molar-refractivity contribution is 5.79. The first kappa shape index (κ1) is 17.5. The van der Waals surface area contributed by atoms with Gasteiger partial charge in [-0.25, -0.2) is 0 Å². The second-order valence-corrected chi connectivity index (χ2v) is 6.03. The maximum absolute atomic E-state index is 5.95. The van der Waals surface area contributed by atoms with Gasteiger partial charge in [0.2, 0.25) is 0 Å². The van der Waals surface area contributed by atoms with E-state index in [0.717, 1.165) is 44.9 Å². The van der Waals surface area contributed by atoms with Gasteiger partial charge in [-0.1, -0.05) is 36.4 Å². The molecule has 1 heterocycles. The topological polar surface area (TPSA) is 36.9 Å². The standard InChI is InChI=1S/C19H29N3O/c1-4-5-9-13-22(3)19(20-2)21-15-17-12-14-23-18(17)16-10-7-6-8-11-16/h4,6-8,10-11,17-18H,1,5,9,12-15H2,2-3H3,(H,20,21). The van der Waals surface area contributed by atoms with Crippen molar-refractivity contribution in [3.05, 3.63) is 48.6 Å². The predicted octanol–water partition coefficient (Wildman–Crippen LogP) is 3.24. The van der Waals surface area contributed by atoms with E-state index in [4.69, 9.17) is 4.74 Å². The Morgan fingerprint density at radius 2 is 2.22 bits per heavy atom. The van der Waals surface area contributed by atoms with E-state index < -0.39 is 0 Å². The molecule has 126 valence electrons. The number of hydrogen-bond donors (Lipinski definition) is 1. The number of allylic oxidation sites excluding steroid dienone is 1. The number of nitrogens with zero attached hydrogens (tertiary/aromatic N) is 2. The van der Waals surface area contributed by atoms with Crippen LogP contribution in [0.2, 0.25) is 0 Å². The van der Waals surface area contributed by atoms with Crippen LogP contribution in [0.4, 0.5) is 0 Å². The summed E-state index contributed by atoms with van der Waals surface area (Å²) in [7, 11) is 3.92. The van der Waals surface area contributed by atoms with Crippen molar-refractivity contribution >= 4 is 5.96 Å². The highest BCUT2D eigenvalue weighted by Gasteiger charge is 2.29. The number of hydrogen-bond acceptors (Lipinski definition) is 2. The normalized spacial score (nSPS) is 21.2. The SMILES string of the molecule is C=CCCCN(C)C(=NC)NCC1CCOC1c1ccccc1. The molecule has 2 atom stereocenters. The summed E-state index contributed by atoms with van der Waals surface area (Å²) in [5.74, 6) is 1.43. The fourth-order valence-electron chi connectivity index (χ4n) is 3.04. The van der Waals surface area contributed by atoms with Gasteiger partial charge in [0.25, 0.3) is 0 Å². The Hall–Kier alpha value is -1.81. The number of aliphatic imine (C=N–C) groups is 1. The number of ether oxygens (including phenoxy) is 1. The molecular formula is C19H29N3O. The number of guanidine groups is 1. The molecule has 4 nitrogen and oxygen atoms in total. The summed E-state index contributed by atoms with van der Waals surface area (Å²) >= 11 is 0. The predicted molar refractivity (Wildman–Crippen MR) is 96.7 cm³/mol. The third-order valence-corrected chi connectivity index (χ3v) is 4.34. The average molecular weight is 315 g/mol. The smallest absolute Gasteiger partial charge is 0.193 e. The molecule has 4 heteroatoms.